The third-order valence-electron chi connectivity index (χ3n) is 4.25. The summed E-state index contributed by atoms with van der Waals surface area (Å²) >= 11 is 0. The second kappa shape index (κ2) is 6.64. The number of methoxy groups -OCH3 is 2. The van der Waals surface area contributed by atoms with Gasteiger partial charge in [0.15, 0.2) is 0 Å². The van der Waals surface area contributed by atoms with Crippen molar-refractivity contribution in [3.63, 3.8) is 0 Å². The van der Waals surface area contributed by atoms with Crippen LogP contribution in [0.1, 0.15) is 24.3 Å². The van der Waals surface area contributed by atoms with Gasteiger partial charge in [-0.3, -0.25) is 0 Å². The molecule has 1 aromatic carbocycles. The minimum atomic E-state index is 0.546. The molecule has 5 nitrogen and oxygen atoms in total. The molecule has 0 unspecified atom stereocenters. The maximum absolute atomic E-state index is 5.36. The number of hydrogen-bond acceptors (Lipinski definition) is 5. The fourth-order valence-electron chi connectivity index (χ4n) is 2.97. The molecular formula is C17H21N3O2. The fourth-order valence-corrected chi connectivity index (χ4v) is 2.97. The first kappa shape index (κ1) is 14.6. The normalized spacial score (nSPS) is 15.6. The molecule has 5 heteroatoms. The molecule has 1 aliphatic rings. The predicted octanol–water partition coefficient (Wildman–Crippen LogP) is 2.88. The Hall–Kier alpha value is -2.30. The number of piperidine rings is 1. The Morgan fingerprint density at radius 1 is 0.955 bits per heavy atom. The largest absolute Gasteiger partial charge is 0.497 e. The lowest BCUT2D eigenvalue weighted by atomic mass is 9.91. The summed E-state index contributed by atoms with van der Waals surface area (Å²) in [5, 5.41) is 0. The number of benzene rings is 1. The van der Waals surface area contributed by atoms with E-state index < -0.39 is 0 Å². The standard InChI is InChI=1S/C17H21N3O2/c1-21-16-7-15(8-17(9-16)22-2)20-5-3-13(4-6-20)14-10-18-12-19-11-14/h7-13H,3-6H2,1-2H3. The molecular weight excluding hydrogens is 278 g/mol. The van der Waals surface area contributed by atoms with Crippen LogP contribution in [0, 0.1) is 0 Å². The molecule has 2 heterocycles. The number of nitrogens with zero attached hydrogens (tertiary/aromatic N) is 3. The molecule has 0 amide bonds. The first-order chi connectivity index (χ1) is 10.8. The average molecular weight is 299 g/mol. The van der Waals surface area contributed by atoms with Gasteiger partial charge >= 0.3 is 0 Å². The van der Waals surface area contributed by atoms with Crippen LogP contribution in [0.5, 0.6) is 11.5 Å². The second-order valence-corrected chi connectivity index (χ2v) is 5.50. The van der Waals surface area contributed by atoms with Crippen molar-refractivity contribution in [2.75, 3.05) is 32.2 Å². The molecule has 0 saturated carbocycles. The molecule has 0 N–H and O–H groups in total. The van der Waals surface area contributed by atoms with E-state index in [9.17, 15) is 0 Å². The summed E-state index contributed by atoms with van der Waals surface area (Å²) in [4.78, 5) is 10.6. The highest BCUT2D eigenvalue weighted by Crippen LogP contribution is 2.33. The van der Waals surface area contributed by atoms with Gasteiger partial charge in [0.05, 0.1) is 14.2 Å². The summed E-state index contributed by atoms with van der Waals surface area (Å²) < 4.78 is 10.7. The van der Waals surface area contributed by atoms with Crippen molar-refractivity contribution in [3.05, 3.63) is 42.5 Å². The molecule has 0 radical (unpaired) electrons. The van der Waals surface area contributed by atoms with Gasteiger partial charge in [-0.15, -0.1) is 0 Å². The zero-order valence-electron chi connectivity index (χ0n) is 13.0. The van der Waals surface area contributed by atoms with Crippen molar-refractivity contribution in [1.82, 2.24) is 9.97 Å². The molecule has 1 saturated heterocycles. The topological polar surface area (TPSA) is 47.5 Å². The van der Waals surface area contributed by atoms with Crippen molar-refractivity contribution < 1.29 is 9.47 Å². The van der Waals surface area contributed by atoms with E-state index in [2.05, 4.69) is 27.0 Å². The van der Waals surface area contributed by atoms with Gasteiger partial charge in [-0.1, -0.05) is 0 Å². The van der Waals surface area contributed by atoms with Gasteiger partial charge in [0.1, 0.15) is 17.8 Å². The van der Waals surface area contributed by atoms with Crippen molar-refractivity contribution in [2.24, 2.45) is 0 Å². The second-order valence-electron chi connectivity index (χ2n) is 5.50. The highest BCUT2D eigenvalue weighted by molar-refractivity contribution is 5.56. The summed E-state index contributed by atoms with van der Waals surface area (Å²) in [6, 6.07) is 6.03. The lowest BCUT2D eigenvalue weighted by Gasteiger charge is -2.33. The Balaban J connectivity index is 1.71. The molecule has 0 atom stereocenters. The Labute approximate surface area is 130 Å². The summed E-state index contributed by atoms with van der Waals surface area (Å²) in [5.74, 6) is 2.20. The summed E-state index contributed by atoms with van der Waals surface area (Å²) in [7, 11) is 3.36. The quantitative estimate of drug-likeness (QED) is 0.869. The van der Waals surface area contributed by atoms with Gasteiger partial charge in [0.2, 0.25) is 0 Å². The van der Waals surface area contributed by atoms with Gasteiger partial charge in [0, 0.05) is 49.4 Å². The number of hydrogen-bond donors (Lipinski definition) is 0. The van der Waals surface area contributed by atoms with Crippen LogP contribution in [0.25, 0.3) is 0 Å². The van der Waals surface area contributed by atoms with E-state index in [4.69, 9.17) is 9.47 Å². The predicted molar refractivity (Wildman–Crippen MR) is 85.8 cm³/mol. The average Bonchev–Trinajstić information content (AvgIpc) is 2.62. The number of ether oxygens (including phenoxy) is 2. The smallest absolute Gasteiger partial charge is 0.124 e. The van der Waals surface area contributed by atoms with E-state index in [-0.39, 0.29) is 0 Å². The van der Waals surface area contributed by atoms with Gasteiger partial charge < -0.3 is 14.4 Å². The zero-order valence-corrected chi connectivity index (χ0v) is 13.0. The van der Waals surface area contributed by atoms with Crippen molar-refractivity contribution in [2.45, 2.75) is 18.8 Å². The number of rotatable bonds is 4. The number of anilines is 1. The molecule has 116 valence electrons. The lowest BCUT2D eigenvalue weighted by Crippen LogP contribution is -2.32. The summed E-state index contributed by atoms with van der Waals surface area (Å²) in [5.41, 5.74) is 2.39. The van der Waals surface area contributed by atoms with Crippen LogP contribution in [0.3, 0.4) is 0 Å². The molecule has 0 aliphatic carbocycles. The van der Waals surface area contributed by atoms with E-state index in [0.717, 1.165) is 43.1 Å². The molecule has 1 aromatic heterocycles. The van der Waals surface area contributed by atoms with Gasteiger partial charge in [-0.05, 0) is 24.3 Å². The summed E-state index contributed by atoms with van der Waals surface area (Å²) in [6.45, 7) is 2.02. The SMILES string of the molecule is COc1cc(OC)cc(N2CCC(c3cncnc3)CC2)c1. The Morgan fingerprint density at radius 2 is 1.55 bits per heavy atom. The van der Waals surface area contributed by atoms with Crippen LogP contribution in [-0.4, -0.2) is 37.3 Å². The Morgan fingerprint density at radius 3 is 2.09 bits per heavy atom. The zero-order chi connectivity index (χ0) is 15.4. The van der Waals surface area contributed by atoms with Crippen LogP contribution in [0.15, 0.2) is 36.9 Å². The molecule has 0 bridgehead atoms. The molecule has 22 heavy (non-hydrogen) atoms. The highest BCUT2D eigenvalue weighted by atomic mass is 16.5. The highest BCUT2D eigenvalue weighted by Gasteiger charge is 2.22. The third-order valence-corrected chi connectivity index (χ3v) is 4.25. The van der Waals surface area contributed by atoms with Crippen LogP contribution in [0.4, 0.5) is 5.69 Å². The maximum atomic E-state index is 5.36. The minimum Gasteiger partial charge on any atom is -0.497 e. The molecule has 2 aromatic rings. The number of aromatic nitrogens is 2. The molecule has 1 fully saturated rings. The van der Waals surface area contributed by atoms with E-state index >= 15 is 0 Å². The van der Waals surface area contributed by atoms with E-state index in [1.54, 1.807) is 20.5 Å². The monoisotopic (exact) mass is 299 g/mol. The van der Waals surface area contributed by atoms with E-state index in [1.807, 2.05) is 18.5 Å². The molecule has 1 aliphatic heterocycles. The van der Waals surface area contributed by atoms with Crippen molar-refractivity contribution >= 4 is 5.69 Å². The van der Waals surface area contributed by atoms with Gasteiger partial charge in [0.25, 0.3) is 0 Å². The van der Waals surface area contributed by atoms with Gasteiger partial charge in [-0.2, -0.15) is 0 Å². The van der Waals surface area contributed by atoms with Crippen molar-refractivity contribution in [1.29, 1.82) is 0 Å². The Bertz CT molecular complexity index is 588. The van der Waals surface area contributed by atoms with Crippen LogP contribution < -0.4 is 14.4 Å². The van der Waals surface area contributed by atoms with E-state index in [0.29, 0.717) is 5.92 Å². The van der Waals surface area contributed by atoms with Crippen LogP contribution >= 0.6 is 0 Å². The first-order valence-corrected chi connectivity index (χ1v) is 7.53. The maximum Gasteiger partial charge on any atom is 0.124 e. The Kier molecular flexibility index (Phi) is 4.42. The minimum absolute atomic E-state index is 0.546. The fraction of sp³-hybridized carbons (Fsp3) is 0.412. The van der Waals surface area contributed by atoms with Crippen LogP contribution in [0.2, 0.25) is 0 Å². The molecule has 0 spiro atoms. The van der Waals surface area contributed by atoms with Gasteiger partial charge in [-0.25, -0.2) is 9.97 Å². The summed E-state index contributed by atoms with van der Waals surface area (Å²) in [6.07, 6.45) is 7.66. The third kappa shape index (κ3) is 3.13. The van der Waals surface area contributed by atoms with Crippen LogP contribution in [-0.2, 0) is 0 Å². The van der Waals surface area contributed by atoms with E-state index in [1.165, 1.54) is 5.56 Å². The molecule has 3 rings (SSSR count). The first-order valence-electron chi connectivity index (χ1n) is 7.53. The lowest BCUT2D eigenvalue weighted by molar-refractivity contribution is 0.394. The van der Waals surface area contributed by atoms with Crippen molar-refractivity contribution in [3.8, 4) is 11.5 Å².